The summed E-state index contributed by atoms with van der Waals surface area (Å²) in [5, 5.41) is 31.5. The maximum Gasteiger partial charge on any atom is 0.410 e. The van der Waals surface area contributed by atoms with Gasteiger partial charge in [0.25, 0.3) is 0 Å². The second-order valence-corrected chi connectivity index (χ2v) is 10.5. The molecule has 12 nitrogen and oxygen atoms in total. The first-order chi connectivity index (χ1) is 21.5. The van der Waals surface area contributed by atoms with Crippen LogP contribution in [0, 0.1) is 0 Å². The third-order valence-electron chi connectivity index (χ3n) is 7.26. The van der Waals surface area contributed by atoms with Crippen LogP contribution < -0.4 is 5.32 Å². The largest absolute Gasteiger partial charge is 0.508 e. The van der Waals surface area contributed by atoms with Crippen molar-refractivity contribution in [3.63, 3.8) is 0 Å². The van der Waals surface area contributed by atoms with Gasteiger partial charge in [-0.05, 0) is 35.2 Å². The number of hydrogen-bond acceptors (Lipinski definition) is 7. The second-order valence-electron chi connectivity index (χ2n) is 10.5. The fraction of sp³-hybridized carbons (Fsp3) is 0.303. The number of aromatic hydroxyl groups is 1. The summed E-state index contributed by atoms with van der Waals surface area (Å²) in [6.07, 6.45) is -1.69. The van der Waals surface area contributed by atoms with Gasteiger partial charge in [-0.2, -0.15) is 0 Å². The summed E-state index contributed by atoms with van der Waals surface area (Å²) in [7, 11) is 2.64. The molecule has 0 saturated carbocycles. The van der Waals surface area contributed by atoms with Gasteiger partial charge in [0.1, 0.15) is 30.5 Å². The van der Waals surface area contributed by atoms with Crippen molar-refractivity contribution in [2.24, 2.45) is 0 Å². The lowest BCUT2D eigenvalue weighted by Gasteiger charge is -2.32. The Labute approximate surface area is 260 Å². The van der Waals surface area contributed by atoms with Crippen LogP contribution in [0.3, 0.4) is 0 Å². The maximum absolute atomic E-state index is 13.8. The molecule has 0 aliphatic carbocycles. The highest BCUT2D eigenvalue weighted by Gasteiger charge is 2.35. The molecule has 3 amide bonds. The van der Waals surface area contributed by atoms with Crippen molar-refractivity contribution >= 4 is 29.8 Å². The Kier molecular flexibility index (Phi) is 12.5. The van der Waals surface area contributed by atoms with Gasteiger partial charge in [-0.15, -0.1) is 0 Å². The maximum atomic E-state index is 13.8. The molecule has 0 aliphatic rings. The molecule has 0 radical (unpaired) electrons. The van der Waals surface area contributed by atoms with Gasteiger partial charge in [-0.25, -0.2) is 9.59 Å². The fourth-order valence-electron chi connectivity index (χ4n) is 4.63. The molecule has 3 rings (SSSR count). The van der Waals surface area contributed by atoms with E-state index in [-0.39, 0.29) is 31.6 Å². The number of amides is 3. The average Bonchev–Trinajstić information content (AvgIpc) is 3.03. The quantitative estimate of drug-likeness (QED) is 0.199. The number of carboxylic acid groups (broad SMARTS) is 2. The van der Waals surface area contributed by atoms with E-state index in [1.165, 1.54) is 26.2 Å². The van der Waals surface area contributed by atoms with E-state index >= 15 is 0 Å². The highest BCUT2D eigenvalue weighted by atomic mass is 16.6. The molecule has 0 fully saturated rings. The first kappa shape index (κ1) is 34.1. The topological polar surface area (TPSA) is 174 Å². The molecular formula is C33H37N3O9. The molecule has 12 heteroatoms. The molecule has 0 saturated heterocycles. The van der Waals surface area contributed by atoms with Crippen LogP contribution in [0.1, 0.15) is 29.5 Å². The minimum Gasteiger partial charge on any atom is -0.508 e. The molecule has 3 aromatic rings. The van der Waals surface area contributed by atoms with E-state index in [9.17, 15) is 39.3 Å². The van der Waals surface area contributed by atoms with Crippen molar-refractivity contribution in [3.05, 3.63) is 102 Å². The Morgan fingerprint density at radius 2 is 1.27 bits per heavy atom. The van der Waals surface area contributed by atoms with Crippen molar-refractivity contribution in [2.45, 2.75) is 50.4 Å². The van der Waals surface area contributed by atoms with Gasteiger partial charge in [-0.1, -0.05) is 72.8 Å². The Morgan fingerprint density at radius 1 is 0.733 bits per heavy atom. The van der Waals surface area contributed by atoms with Crippen LogP contribution >= 0.6 is 0 Å². The molecule has 0 spiro atoms. The average molecular weight is 620 g/mol. The third-order valence-corrected chi connectivity index (χ3v) is 7.26. The van der Waals surface area contributed by atoms with Crippen LogP contribution in [0.25, 0.3) is 0 Å². The number of nitrogens with one attached hydrogen (secondary N) is 1. The Bertz CT molecular complexity index is 1450. The molecule has 0 heterocycles. The predicted octanol–water partition coefficient (Wildman–Crippen LogP) is 3.08. The van der Waals surface area contributed by atoms with Crippen LogP contribution in [0.2, 0.25) is 0 Å². The van der Waals surface area contributed by atoms with Crippen molar-refractivity contribution < 1.29 is 44.0 Å². The van der Waals surface area contributed by atoms with Crippen molar-refractivity contribution in [3.8, 4) is 5.75 Å². The molecule has 4 N–H and O–H groups in total. The number of ether oxygens (including phenoxy) is 1. The van der Waals surface area contributed by atoms with E-state index < -0.39 is 54.4 Å². The summed E-state index contributed by atoms with van der Waals surface area (Å²) < 4.78 is 5.41. The standard InChI is InChI=1S/C33H37N3O9/c1-35(28(32(42)43)20-22-9-5-3-6-10-22)31(41)26(17-18-29(38)39)34-30(40)27(19-23-13-15-25(37)16-14-23)36(2)33(44)45-21-24-11-7-4-8-12-24/h3-16,26-28,37H,17-21H2,1-2H3,(H,34,40)(H,38,39)(H,42,43)/t26-,27-,28-/m0/s1. The molecule has 3 aromatic carbocycles. The lowest BCUT2D eigenvalue weighted by molar-refractivity contribution is -0.150. The molecule has 45 heavy (non-hydrogen) atoms. The number of phenolic OH excluding ortho intramolecular Hbond substituents is 1. The summed E-state index contributed by atoms with van der Waals surface area (Å²) in [4.78, 5) is 66.1. The zero-order valence-electron chi connectivity index (χ0n) is 25.0. The second kappa shape index (κ2) is 16.5. The minimum atomic E-state index is -1.41. The number of nitrogens with zero attached hydrogens (tertiary/aromatic N) is 2. The van der Waals surface area contributed by atoms with Gasteiger partial charge in [0.05, 0.1) is 0 Å². The Hall–Kier alpha value is -5.39. The predicted molar refractivity (Wildman–Crippen MR) is 163 cm³/mol. The molecular weight excluding hydrogens is 582 g/mol. The number of likely N-dealkylation sites (N-methyl/N-ethyl adjacent to an activating group) is 2. The van der Waals surface area contributed by atoms with Crippen LogP contribution in [0.15, 0.2) is 84.9 Å². The zero-order chi connectivity index (χ0) is 32.9. The number of aliphatic carboxylic acids is 2. The molecule has 3 atom stereocenters. The summed E-state index contributed by atoms with van der Waals surface area (Å²) in [5.41, 5.74) is 1.97. The van der Waals surface area contributed by atoms with E-state index in [0.717, 1.165) is 15.4 Å². The van der Waals surface area contributed by atoms with E-state index in [2.05, 4.69) is 5.32 Å². The number of hydrogen-bond donors (Lipinski definition) is 4. The minimum absolute atomic E-state index is 0.00114. The van der Waals surface area contributed by atoms with Crippen LogP contribution in [0.4, 0.5) is 4.79 Å². The Morgan fingerprint density at radius 3 is 1.82 bits per heavy atom. The summed E-state index contributed by atoms with van der Waals surface area (Å²) in [6.45, 7) is -0.0555. The molecule has 0 unspecified atom stereocenters. The van der Waals surface area contributed by atoms with Gasteiger partial charge in [0, 0.05) is 33.4 Å². The number of carbonyl (C=O) groups is 5. The Balaban J connectivity index is 1.85. The smallest absolute Gasteiger partial charge is 0.410 e. The van der Waals surface area contributed by atoms with Crippen LogP contribution in [0.5, 0.6) is 5.75 Å². The van der Waals surface area contributed by atoms with Gasteiger partial charge in [-0.3, -0.25) is 19.3 Å². The number of benzene rings is 3. The van der Waals surface area contributed by atoms with Crippen molar-refractivity contribution in [1.82, 2.24) is 15.1 Å². The normalized spacial score (nSPS) is 12.7. The van der Waals surface area contributed by atoms with Crippen molar-refractivity contribution in [2.75, 3.05) is 14.1 Å². The van der Waals surface area contributed by atoms with E-state index in [0.29, 0.717) is 11.1 Å². The first-order valence-corrected chi connectivity index (χ1v) is 14.2. The molecule has 238 valence electrons. The van der Waals surface area contributed by atoms with Gasteiger partial charge in [0.2, 0.25) is 11.8 Å². The monoisotopic (exact) mass is 619 g/mol. The fourth-order valence-corrected chi connectivity index (χ4v) is 4.63. The van der Waals surface area contributed by atoms with Crippen LogP contribution in [-0.2, 0) is 43.4 Å². The highest BCUT2D eigenvalue weighted by Crippen LogP contribution is 2.17. The first-order valence-electron chi connectivity index (χ1n) is 14.2. The van der Waals surface area contributed by atoms with E-state index in [1.54, 1.807) is 66.7 Å². The summed E-state index contributed by atoms with van der Waals surface area (Å²) in [5.74, 6) is -4.07. The van der Waals surface area contributed by atoms with Gasteiger partial charge in [0.15, 0.2) is 0 Å². The lowest BCUT2D eigenvalue weighted by atomic mass is 10.0. The van der Waals surface area contributed by atoms with Gasteiger partial charge < -0.3 is 30.3 Å². The number of rotatable bonds is 15. The molecule has 0 bridgehead atoms. The molecule has 0 aromatic heterocycles. The SMILES string of the molecule is CN(C(=O)OCc1ccccc1)[C@@H](Cc1ccc(O)cc1)C(=O)N[C@@H](CCC(=O)O)C(=O)N(C)[C@@H](Cc1ccccc1)C(=O)O. The third kappa shape index (κ3) is 10.4. The lowest BCUT2D eigenvalue weighted by Crippen LogP contribution is -2.57. The van der Waals surface area contributed by atoms with E-state index in [1.807, 2.05) is 6.07 Å². The summed E-state index contributed by atoms with van der Waals surface area (Å²) in [6, 6.07) is 19.7. The zero-order valence-corrected chi connectivity index (χ0v) is 25.0. The number of carbonyl (C=O) groups excluding carboxylic acids is 3. The highest BCUT2D eigenvalue weighted by molar-refractivity contribution is 5.93. The van der Waals surface area contributed by atoms with Gasteiger partial charge >= 0.3 is 18.0 Å². The number of carboxylic acids is 2. The molecule has 0 aliphatic heterocycles. The van der Waals surface area contributed by atoms with Crippen LogP contribution in [-0.4, -0.2) is 87.2 Å². The van der Waals surface area contributed by atoms with E-state index in [4.69, 9.17) is 4.74 Å². The summed E-state index contributed by atoms with van der Waals surface area (Å²) >= 11 is 0. The number of phenols is 1. The van der Waals surface area contributed by atoms with Crippen molar-refractivity contribution in [1.29, 1.82) is 0 Å².